The summed E-state index contributed by atoms with van der Waals surface area (Å²) in [6.07, 6.45) is -0.237. The normalized spacial score (nSPS) is 11.3. The second kappa shape index (κ2) is 6.64. The van der Waals surface area contributed by atoms with E-state index in [1.807, 2.05) is 19.1 Å². The van der Waals surface area contributed by atoms with Gasteiger partial charge in [0.05, 0.1) is 17.8 Å². The maximum Gasteiger partial charge on any atom is 0.309 e. The Kier molecular flexibility index (Phi) is 4.38. The summed E-state index contributed by atoms with van der Waals surface area (Å²) in [6.45, 7) is 3.38. The van der Waals surface area contributed by atoms with E-state index >= 15 is 0 Å². The van der Waals surface area contributed by atoms with E-state index in [0.29, 0.717) is 28.4 Å². The average molecular weight is 336 g/mol. The summed E-state index contributed by atoms with van der Waals surface area (Å²) >= 11 is 0. The van der Waals surface area contributed by atoms with Crippen LogP contribution in [0.15, 0.2) is 52.7 Å². The number of pyridine rings is 1. The zero-order chi connectivity index (χ0) is 18.0. The first-order valence-corrected chi connectivity index (χ1v) is 7.67. The number of aromatic nitrogens is 2. The molecule has 0 radical (unpaired) electrons. The third-order valence-electron chi connectivity index (χ3n) is 3.74. The van der Waals surface area contributed by atoms with Gasteiger partial charge in [0.25, 0.3) is 0 Å². The van der Waals surface area contributed by atoms with Crippen molar-refractivity contribution in [2.75, 3.05) is 0 Å². The SMILES string of the molecule is CC(=O)c1ccc(N=Nc2c(CC(=O)O)nc3cccc(C)n23)cc1. The quantitative estimate of drug-likeness (QED) is 0.564. The van der Waals surface area contributed by atoms with Crippen molar-refractivity contribution in [3.8, 4) is 0 Å². The zero-order valence-electron chi connectivity index (χ0n) is 13.8. The van der Waals surface area contributed by atoms with Crippen LogP contribution in [0.5, 0.6) is 0 Å². The van der Waals surface area contributed by atoms with Crippen LogP contribution in [0.4, 0.5) is 11.5 Å². The van der Waals surface area contributed by atoms with Crippen LogP contribution in [0.1, 0.15) is 28.7 Å². The summed E-state index contributed by atoms with van der Waals surface area (Å²) in [6, 6.07) is 12.3. The van der Waals surface area contributed by atoms with E-state index in [4.69, 9.17) is 5.11 Å². The van der Waals surface area contributed by atoms with Crippen LogP contribution >= 0.6 is 0 Å². The van der Waals surface area contributed by atoms with Crippen LogP contribution in [0.2, 0.25) is 0 Å². The van der Waals surface area contributed by atoms with Crippen LogP contribution in [-0.4, -0.2) is 26.2 Å². The molecule has 0 aliphatic heterocycles. The smallest absolute Gasteiger partial charge is 0.309 e. The second-order valence-corrected chi connectivity index (χ2v) is 5.62. The Morgan fingerprint density at radius 1 is 1.12 bits per heavy atom. The highest BCUT2D eigenvalue weighted by Crippen LogP contribution is 2.26. The molecule has 0 saturated carbocycles. The van der Waals surface area contributed by atoms with Gasteiger partial charge in [0, 0.05) is 11.3 Å². The van der Waals surface area contributed by atoms with Gasteiger partial charge in [0.2, 0.25) is 0 Å². The van der Waals surface area contributed by atoms with Gasteiger partial charge < -0.3 is 5.11 Å². The number of nitrogens with zero attached hydrogens (tertiary/aromatic N) is 4. The number of carbonyl (C=O) groups excluding carboxylic acids is 1. The minimum absolute atomic E-state index is 0.0235. The van der Waals surface area contributed by atoms with Gasteiger partial charge in [-0.3, -0.25) is 14.0 Å². The number of carboxylic acid groups (broad SMARTS) is 1. The maximum absolute atomic E-state index is 11.3. The van der Waals surface area contributed by atoms with Crippen molar-refractivity contribution in [3.63, 3.8) is 0 Å². The third kappa shape index (κ3) is 3.45. The maximum atomic E-state index is 11.3. The van der Waals surface area contributed by atoms with Crippen LogP contribution in [0.25, 0.3) is 5.65 Å². The molecule has 2 heterocycles. The predicted molar refractivity (Wildman–Crippen MR) is 91.9 cm³/mol. The van der Waals surface area contributed by atoms with E-state index in [9.17, 15) is 9.59 Å². The molecule has 0 aliphatic rings. The number of fused-ring (bicyclic) bond motifs is 1. The van der Waals surface area contributed by atoms with Crippen molar-refractivity contribution in [2.24, 2.45) is 10.2 Å². The standard InChI is InChI=1S/C18H16N4O3/c1-11-4-3-5-16-19-15(10-17(24)25)18(22(11)16)21-20-14-8-6-13(7-9-14)12(2)23/h3-9H,10H2,1-2H3,(H,24,25). The molecule has 0 spiro atoms. The van der Waals surface area contributed by atoms with E-state index in [-0.39, 0.29) is 12.2 Å². The Morgan fingerprint density at radius 2 is 1.84 bits per heavy atom. The van der Waals surface area contributed by atoms with Crippen molar-refractivity contribution in [2.45, 2.75) is 20.3 Å². The molecule has 25 heavy (non-hydrogen) atoms. The fourth-order valence-corrected chi connectivity index (χ4v) is 2.52. The number of Topliss-reactive ketones (excluding diaryl/α,β-unsaturated/α-hetero) is 1. The van der Waals surface area contributed by atoms with Crippen molar-refractivity contribution in [1.29, 1.82) is 0 Å². The summed E-state index contributed by atoms with van der Waals surface area (Å²) in [4.78, 5) is 26.8. The fourth-order valence-electron chi connectivity index (χ4n) is 2.52. The minimum Gasteiger partial charge on any atom is -0.481 e. The topological polar surface area (TPSA) is 96.4 Å². The Labute approximate surface area is 143 Å². The first-order chi connectivity index (χ1) is 12.0. The Hall–Kier alpha value is -3.35. The Bertz CT molecular complexity index is 987. The molecule has 0 fully saturated rings. The molecular weight excluding hydrogens is 320 g/mol. The number of rotatable bonds is 5. The molecule has 0 saturated heterocycles. The number of imidazole rings is 1. The number of hydrogen-bond donors (Lipinski definition) is 1. The molecule has 0 atom stereocenters. The Balaban J connectivity index is 2.04. The van der Waals surface area contributed by atoms with Gasteiger partial charge in [-0.2, -0.15) is 0 Å². The van der Waals surface area contributed by atoms with Gasteiger partial charge in [0.1, 0.15) is 5.65 Å². The number of benzene rings is 1. The molecule has 3 aromatic rings. The highest BCUT2D eigenvalue weighted by atomic mass is 16.4. The summed E-state index contributed by atoms with van der Waals surface area (Å²) in [7, 11) is 0. The van der Waals surface area contributed by atoms with Crippen LogP contribution in [0.3, 0.4) is 0 Å². The van der Waals surface area contributed by atoms with E-state index < -0.39 is 5.97 Å². The van der Waals surface area contributed by atoms with E-state index in [2.05, 4.69) is 15.2 Å². The highest BCUT2D eigenvalue weighted by molar-refractivity contribution is 5.94. The Morgan fingerprint density at radius 3 is 2.48 bits per heavy atom. The first kappa shape index (κ1) is 16.5. The summed E-state index contributed by atoms with van der Waals surface area (Å²) in [5.74, 6) is -0.612. The summed E-state index contributed by atoms with van der Waals surface area (Å²) in [5.41, 5.74) is 3.01. The lowest BCUT2D eigenvalue weighted by Crippen LogP contribution is -2.00. The summed E-state index contributed by atoms with van der Waals surface area (Å²) < 4.78 is 1.77. The number of azo groups is 1. The number of aryl methyl sites for hydroxylation is 1. The van der Waals surface area contributed by atoms with Gasteiger partial charge in [-0.05, 0) is 50.2 Å². The number of aliphatic carboxylic acids is 1. The van der Waals surface area contributed by atoms with Crippen molar-refractivity contribution in [3.05, 3.63) is 59.4 Å². The fraction of sp³-hybridized carbons (Fsp3) is 0.167. The lowest BCUT2D eigenvalue weighted by molar-refractivity contribution is -0.136. The van der Waals surface area contributed by atoms with Crippen molar-refractivity contribution < 1.29 is 14.7 Å². The number of carbonyl (C=O) groups is 2. The molecule has 7 nitrogen and oxygen atoms in total. The van der Waals surface area contributed by atoms with Gasteiger partial charge in [-0.25, -0.2) is 4.98 Å². The lowest BCUT2D eigenvalue weighted by atomic mass is 10.1. The van der Waals surface area contributed by atoms with Gasteiger partial charge in [-0.15, -0.1) is 10.2 Å². The van der Waals surface area contributed by atoms with Crippen LogP contribution in [-0.2, 0) is 11.2 Å². The molecule has 0 aliphatic carbocycles. The number of hydrogen-bond acceptors (Lipinski definition) is 5. The van der Waals surface area contributed by atoms with Gasteiger partial charge >= 0.3 is 5.97 Å². The molecule has 2 aromatic heterocycles. The highest BCUT2D eigenvalue weighted by Gasteiger charge is 2.16. The van der Waals surface area contributed by atoms with Gasteiger partial charge in [-0.1, -0.05) is 6.07 Å². The van der Waals surface area contributed by atoms with Crippen molar-refractivity contribution >= 4 is 28.9 Å². The molecule has 1 aromatic carbocycles. The number of ketones is 1. The lowest BCUT2D eigenvalue weighted by Gasteiger charge is -2.01. The average Bonchev–Trinajstić information content (AvgIpc) is 2.91. The van der Waals surface area contributed by atoms with Crippen molar-refractivity contribution in [1.82, 2.24) is 9.38 Å². The molecular formula is C18H16N4O3. The zero-order valence-corrected chi connectivity index (χ0v) is 13.8. The number of carboxylic acids is 1. The molecule has 3 rings (SSSR count). The first-order valence-electron chi connectivity index (χ1n) is 7.67. The summed E-state index contributed by atoms with van der Waals surface area (Å²) in [5, 5.41) is 17.5. The van der Waals surface area contributed by atoms with E-state index in [1.165, 1.54) is 6.92 Å². The molecule has 1 N–H and O–H groups in total. The largest absolute Gasteiger partial charge is 0.481 e. The predicted octanol–water partition coefficient (Wildman–Crippen LogP) is 3.89. The minimum atomic E-state index is -0.983. The molecule has 0 amide bonds. The monoisotopic (exact) mass is 336 g/mol. The van der Waals surface area contributed by atoms with Crippen LogP contribution in [0, 0.1) is 6.92 Å². The molecule has 7 heteroatoms. The molecule has 0 unspecified atom stereocenters. The van der Waals surface area contributed by atoms with E-state index in [1.54, 1.807) is 34.7 Å². The third-order valence-corrected chi connectivity index (χ3v) is 3.74. The van der Waals surface area contributed by atoms with Crippen LogP contribution < -0.4 is 0 Å². The van der Waals surface area contributed by atoms with E-state index in [0.717, 1.165) is 5.69 Å². The second-order valence-electron chi connectivity index (χ2n) is 5.62. The molecule has 0 bridgehead atoms. The van der Waals surface area contributed by atoms with Gasteiger partial charge in [0.15, 0.2) is 11.6 Å². The molecule has 126 valence electrons.